The lowest BCUT2D eigenvalue weighted by molar-refractivity contribution is -0.152. The van der Waals surface area contributed by atoms with Crippen LogP contribution in [0.15, 0.2) is 42.6 Å². The molecule has 2 heterocycles. The molecule has 5 nitrogen and oxygen atoms in total. The van der Waals surface area contributed by atoms with Crippen LogP contribution in [0.4, 0.5) is 8.78 Å². The van der Waals surface area contributed by atoms with E-state index in [1.165, 1.54) is 31.5 Å². The first-order valence-corrected chi connectivity index (χ1v) is 12.6. The van der Waals surface area contributed by atoms with Crippen molar-refractivity contribution in [2.24, 2.45) is 5.41 Å². The summed E-state index contributed by atoms with van der Waals surface area (Å²) in [5.41, 5.74) is 0.404. The van der Waals surface area contributed by atoms with E-state index in [4.69, 9.17) is 27.9 Å². The van der Waals surface area contributed by atoms with Gasteiger partial charge in [-0.15, -0.1) is 0 Å². The number of aliphatic carboxylic acids is 1. The Morgan fingerprint density at radius 1 is 1.22 bits per heavy atom. The molecule has 3 aromatic rings. The van der Waals surface area contributed by atoms with Crippen molar-refractivity contribution in [2.45, 2.75) is 31.9 Å². The SMILES string of the molecule is COc1ccc2ncc(Cl)c(C(F)CCC3(C(=O)O)CCN(CC#Cc4ccc(F)cc4Cl)CC3)c2c1. The summed E-state index contributed by atoms with van der Waals surface area (Å²) in [6.07, 6.45) is 0.929. The first-order chi connectivity index (χ1) is 17.7. The Labute approximate surface area is 224 Å². The normalized spacial score (nSPS) is 16.1. The summed E-state index contributed by atoms with van der Waals surface area (Å²) < 4.78 is 34.1. The fourth-order valence-corrected chi connectivity index (χ4v) is 5.19. The number of hydrogen-bond acceptors (Lipinski definition) is 4. The number of carboxylic acid groups (broad SMARTS) is 1. The molecule has 1 aliphatic rings. The summed E-state index contributed by atoms with van der Waals surface area (Å²) in [4.78, 5) is 18.6. The Kier molecular flexibility index (Phi) is 8.53. The summed E-state index contributed by atoms with van der Waals surface area (Å²) in [6.45, 7) is 1.46. The third-order valence-electron chi connectivity index (χ3n) is 6.98. The first-order valence-electron chi connectivity index (χ1n) is 11.9. The number of methoxy groups -OCH3 is 1. The molecule has 1 saturated heterocycles. The number of benzene rings is 2. The van der Waals surface area contributed by atoms with Gasteiger partial charge in [-0.3, -0.25) is 14.7 Å². The number of nitrogens with zero attached hydrogens (tertiary/aromatic N) is 2. The maximum absolute atomic E-state index is 15.6. The molecule has 1 fully saturated rings. The van der Waals surface area contributed by atoms with Crippen LogP contribution in [0.5, 0.6) is 5.75 Å². The van der Waals surface area contributed by atoms with Gasteiger partial charge in [-0.2, -0.15) is 0 Å². The van der Waals surface area contributed by atoms with Crippen LogP contribution in [0.2, 0.25) is 10.0 Å². The average Bonchev–Trinajstić information content (AvgIpc) is 2.88. The topological polar surface area (TPSA) is 62.7 Å². The molecular formula is C28H26Cl2F2N2O3. The van der Waals surface area contributed by atoms with Crippen molar-refractivity contribution in [1.82, 2.24) is 9.88 Å². The van der Waals surface area contributed by atoms with Gasteiger partial charge in [0, 0.05) is 35.8 Å². The molecule has 4 rings (SSSR count). The fourth-order valence-electron chi connectivity index (χ4n) is 4.71. The molecule has 0 spiro atoms. The van der Waals surface area contributed by atoms with Crippen LogP contribution >= 0.6 is 23.2 Å². The largest absolute Gasteiger partial charge is 0.497 e. The van der Waals surface area contributed by atoms with E-state index in [1.807, 2.05) is 0 Å². The lowest BCUT2D eigenvalue weighted by Gasteiger charge is -2.38. The zero-order valence-electron chi connectivity index (χ0n) is 20.2. The molecular weight excluding hydrogens is 521 g/mol. The van der Waals surface area contributed by atoms with Gasteiger partial charge in [0.2, 0.25) is 0 Å². The molecule has 1 N–H and O–H groups in total. The summed E-state index contributed by atoms with van der Waals surface area (Å²) in [6, 6.07) is 9.22. The first kappa shape index (κ1) is 27.1. The Balaban J connectivity index is 1.41. The summed E-state index contributed by atoms with van der Waals surface area (Å²) in [7, 11) is 1.53. The predicted octanol–water partition coefficient (Wildman–Crippen LogP) is 6.70. The van der Waals surface area contributed by atoms with Gasteiger partial charge in [-0.05, 0) is 62.1 Å². The standard InChI is InChI=1S/C28H26Cl2F2N2O3/c1-37-20-6-7-25-21(16-20)26(23(30)17-33-25)24(32)8-9-28(27(35)36)10-13-34(14-11-28)12-2-3-18-4-5-19(31)15-22(18)29/h4-7,15-17,24H,8-14H2,1H3,(H,35,36). The van der Waals surface area contributed by atoms with Crippen LogP contribution in [0.1, 0.15) is 43.0 Å². The molecule has 1 aromatic heterocycles. The van der Waals surface area contributed by atoms with Crippen LogP contribution in [0.3, 0.4) is 0 Å². The van der Waals surface area contributed by atoms with Gasteiger partial charge in [0.05, 0.1) is 34.6 Å². The van der Waals surface area contributed by atoms with Gasteiger partial charge in [-0.1, -0.05) is 35.0 Å². The number of carbonyl (C=O) groups is 1. The van der Waals surface area contributed by atoms with Crippen molar-refractivity contribution in [3.8, 4) is 17.6 Å². The minimum absolute atomic E-state index is 0.0191. The number of ether oxygens (including phenoxy) is 1. The number of aromatic nitrogens is 1. The highest BCUT2D eigenvalue weighted by Crippen LogP contribution is 2.42. The Bertz CT molecular complexity index is 1360. The fraction of sp³-hybridized carbons (Fsp3) is 0.357. The van der Waals surface area contributed by atoms with E-state index < -0.39 is 23.4 Å². The molecule has 37 heavy (non-hydrogen) atoms. The number of carboxylic acids is 1. The number of piperidine rings is 1. The van der Waals surface area contributed by atoms with E-state index in [2.05, 4.69) is 21.7 Å². The minimum atomic E-state index is -1.45. The molecule has 0 aliphatic carbocycles. The monoisotopic (exact) mass is 546 g/mol. The molecule has 9 heteroatoms. The molecule has 2 aromatic carbocycles. The highest BCUT2D eigenvalue weighted by atomic mass is 35.5. The summed E-state index contributed by atoms with van der Waals surface area (Å²) in [5, 5.41) is 11.1. The van der Waals surface area contributed by atoms with E-state index in [-0.39, 0.29) is 22.9 Å². The van der Waals surface area contributed by atoms with E-state index >= 15 is 4.39 Å². The molecule has 1 unspecified atom stereocenters. The molecule has 0 radical (unpaired) electrons. The highest BCUT2D eigenvalue weighted by Gasteiger charge is 2.41. The van der Waals surface area contributed by atoms with E-state index in [0.29, 0.717) is 60.3 Å². The Hall–Kier alpha value is -2.92. The summed E-state index contributed by atoms with van der Waals surface area (Å²) in [5.74, 6) is 5.17. The molecule has 0 amide bonds. The number of halogens is 4. The third-order valence-corrected chi connectivity index (χ3v) is 7.60. The maximum atomic E-state index is 15.6. The molecule has 1 atom stereocenters. The van der Waals surface area contributed by atoms with Crippen molar-refractivity contribution < 1.29 is 23.4 Å². The number of fused-ring (bicyclic) bond motifs is 1. The van der Waals surface area contributed by atoms with Gasteiger partial charge < -0.3 is 9.84 Å². The van der Waals surface area contributed by atoms with Crippen LogP contribution in [0.25, 0.3) is 10.9 Å². The van der Waals surface area contributed by atoms with Gasteiger partial charge >= 0.3 is 5.97 Å². The lowest BCUT2D eigenvalue weighted by Crippen LogP contribution is -2.44. The molecule has 194 valence electrons. The van der Waals surface area contributed by atoms with E-state index in [1.54, 1.807) is 18.2 Å². The molecule has 1 aliphatic heterocycles. The van der Waals surface area contributed by atoms with Crippen molar-refractivity contribution in [2.75, 3.05) is 26.7 Å². The Morgan fingerprint density at radius 2 is 1.97 bits per heavy atom. The van der Waals surface area contributed by atoms with E-state index in [9.17, 15) is 14.3 Å². The maximum Gasteiger partial charge on any atom is 0.309 e. The lowest BCUT2D eigenvalue weighted by atomic mass is 9.74. The quantitative estimate of drug-likeness (QED) is 0.334. The average molecular weight is 547 g/mol. The van der Waals surface area contributed by atoms with Crippen molar-refractivity contribution in [1.29, 1.82) is 0 Å². The van der Waals surface area contributed by atoms with Crippen molar-refractivity contribution >= 4 is 40.1 Å². The van der Waals surface area contributed by atoms with Gasteiger partial charge in [0.15, 0.2) is 0 Å². The van der Waals surface area contributed by atoms with Crippen LogP contribution in [-0.4, -0.2) is 47.7 Å². The third kappa shape index (κ3) is 6.15. The molecule has 0 bridgehead atoms. The minimum Gasteiger partial charge on any atom is -0.497 e. The van der Waals surface area contributed by atoms with Crippen LogP contribution < -0.4 is 4.74 Å². The second kappa shape index (κ2) is 11.6. The van der Waals surface area contributed by atoms with Crippen LogP contribution in [0, 0.1) is 23.1 Å². The number of rotatable bonds is 7. The van der Waals surface area contributed by atoms with Crippen molar-refractivity contribution in [3.05, 3.63) is 69.6 Å². The number of likely N-dealkylation sites (tertiary alicyclic amines) is 1. The smallest absolute Gasteiger partial charge is 0.309 e. The van der Waals surface area contributed by atoms with Crippen molar-refractivity contribution in [3.63, 3.8) is 0 Å². The van der Waals surface area contributed by atoms with Gasteiger partial charge in [0.25, 0.3) is 0 Å². The zero-order chi connectivity index (χ0) is 26.6. The number of pyridine rings is 1. The van der Waals surface area contributed by atoms with E-state index in [0.717, 1.165) is 0 Å². The second-order valence-corrected chi connectivity index (χ2v) is 10.0. The summed E-state index contributed by atoms with van der Waals surface area (Å²) >= 11 is 12.4. The van der Waals surface area contributed by atoms with Gasteiger partial charge in [0.1, 0.15) is 17.7 Å². The zero-order valence-corrected chi connectivity index (χ0v) is 21.8. The Morgan fingerprint density at radius 3 is 2.65 bits per heavy atom. The molecule has 0 saturated carbocycles. The predicted molar refractivity (Wildman–Crippen MR) is 140 cm³/mol. The highest BCUT2D eigenvalue weighted by molar-refractivity contribution is 6.32. The second-order valence-electron chi connectivity index (χ2n) is 9.20. The van der Waals surface area contributed by atoms with Crippen LogP contribution in [-0.2, 0) is 4.79 Å². The van der Waals surface area contributed by atoms with Gasteiger partial charge in [-0.25, -0.2) is 8.78 Å². The number of alkyl halides is 1. The number of hydrogen-bond donors (Lipinski definition) is 1.